The molecule has 0 bridgehead atoms. The van der Waals surface area contributed by atoms with Crippen molar-refractivity contribution in [2.75, 3.05) is 18.5 Å². The maximum absolute atomic E-state index is 11.3. The fourth-order valence-corrected chi connectivity index (χ4v) is 3.51. The SMILES string of the molecule is CC(=O)N[C@@H]1CO[C@@H]2[C@@H]1OC[C@@H]2Nc1nccc(-c2cccc(C#N)c2)n1. The molecule has 0 aliphatic carbocycles. The average molecular weight is 365 g/mol. The highest BCUT2D eigenvalue weighted by molar-refractivity contribution is 5.73. The van der Waals surface area contributed by atoms with Crippen molar-refractivity contribution in [3.05, 3.63) is 42.1 Å². The number of carbonyl (C=O) groups excluding carboxylic acids is 1. The molecule has 0 spiro atoms. The van der Waals surface area contributed by atoms with E-state index in [1.807, 2.05) is 12.1 Å². The zero-order valence-electron chi connectivity index (χ0n) is 14.8. The molecule has 4 rings (SSSR count). The van der Waals surface area contributed by atoms with E-state index in [9.17, 15) is 4.79 Å². The summed E-state index contributed by atoms with van der Waals surface area (Å²) in [7, 11) is 0. The molecule has 2 aliphatic rings. The monoisotopic (exact) mass is 365 g/mol. The van der Waals surface area contributed by atoms with Crippen molar-refractivity contribution < 1.29 is 14.3 Å². The van der Waals surface area contributed by atoms with E-state index in [0.29, 0.717) is 24.7 Å². The zero-order valence-corrected chi connectivity index (χ0v) is 14.8. The fourth-order valence-electron chi connectivity index (χ4n) is 3.51. The van der Waals surface area contributed by atoms with E-state index in [2.05, 4.69) is 26.7 Å². The second-order valence-corrected chi connectivity index (χ2v) is 6.61. The molecule has 0 unspecified atom stereocenters. The number of ether oxygens (including phenoxy) is 2. The van der Waals surface area contributed by atoms with Gasteiger partial charge in [0.25, 0.3) is 0 Å². The summed E-state index contributed by atoms with van der Waals surface area (Å²) in [6, 6.07) is 11.0. The summed E-state index contributed by atoms with van der Waals surface area (Å²) in [5, 5.41) is 15.2. The van der Waals surface area contributed by atoms with E-state index in [-0.39, 0.29) is 30.2 Å². The first-order valence-corrected chi connectivity index (χ1v) is 8.74. The van der Waals surface area contributed by atoms with Gasteiger partial charge in [-0.3, -0.25) is 4.79 Å². The summed E-state index contributed by atoms with van der Waals surface area (Å²) in [4.78, 5) is 20.1. The molecule has 1 aromatic heterocycles. The standard InChI is InChI=1S/C19H19N5O3/c1-11(25)22-15-9-26-18-16(10-27-17(15)18)24-19-21-6-5-14(23-19)13-4-2-3-12(7-13)8-20/h2-7,15-18H,9-10H2,1H3,(H,22,25)(H,21,23,24)/t15-,16+,17-,18+/m1/s1. The molecule has 0 radical (unpaired) electrons. The van der Waals surface area contributed by atoms with Crippen molar-refractivity contribution in [1.29, 1.82) is 5.26 Å². The molecule has 27 heavy (non-hydrogen) atoms. The Kier molecular flexibility index (Phi) is 4.71. The van der Waals surface area contributed by atoms with Crippen LogP contribution in [0.25, 0.3) is 11.3 Å². The Hall–Kier alpha value is -3.02. The largest absolute Gasteiger partial charge is 0.371 e. The third kappa shape index (κ3) is 3.60. The molecule has 2 fully saturated rings. The predicted octanol–water partition coefficient (Wildman–Crippen LogP) is 1.10. The molecule has 8 heteroatoms. The highest BCUT2D eigenvalue weighted by Crippen LogP contribution is 2.29. The summed E-state index contributed by atoms with van der Waals surface area (Å²) >= 11 is 0. The number of carbonyl (C=O) groups is 1. The first-order valence-electron chi connectivity index (χ1n) is 8.74. The third-order valence-corrected chi connectivity index (χ3v) is 4.70. The minimum absolute atomic E-state index is 0.0973. The normalized spacial score (nSPS) is 26.2. The second kappa shape index (κ2) is 7.31. The van der Waals surface area contributed by atoms with Gasteiger partial charge < -0.3 is 20.1 Å². The van der Waals surface area contributed by atoms with Crippen molar-refractivity contribution in [3.8, 4) is 17.3 Å². The van der Waals surface area contributed by atoms with Crippen LogP contribution in [0.3, 0.4) is 0 Å². The van der Waals surface area contributed by atoms with Crippen LogP contribution in [0.5, 0.6) is 0 Å². The Morgan fingerprint density at radius 2 is 2.00 bits per heavy atom. The van der Waals surface area contributed by atoms with E-state index < -0.39 is 0 Å². The Bertz CT molecular complexity index is 897. The molecular weight excluding hydrogens is 346 g/mol. The molecule has 2 aliphatic heterocycles. The summed E-state index contributed by atoms with van der Waals surface area (Å²) < 4.78 is 11.7. The molecule has 4 atom stereocenters. The van der Waals surface area contributed by atoms with Gasteiger partial charge in [-0.2, -0.15) is 5.26 Å². The Morgan fingerprint density at radius 3 is 2.78 bits per heavy atom. The van der Waals surface area contributed by atoms with Crippen LogP contribution in [0, 0.1) is 11.3 Å². The number of nitrogens with one attached hydrogen (secondary N) is 2. The van der Waals surface area contributed by atoms with E-state index in [0.717, 1.165) is 11.3 Å². The van der Waals surface area contributed by atoms with Gasteiger partial charge in [0.2, 0.25) is 11.9 Å². The molecule has 3 heterocycles. The minimum Gasteiger partial charge on any atom is -0.371 e. The summed E-state index contributed by atoms with van der Waals surface area (Å²) in [6.45, 7) is 2.36. The number of anilines is 1. The molecule has 1 aromatic carbocycles. The summed E-state index contributed by atoms with van der Waals surface area (Å²) in [5.41, 5.74) is 2.16. The summed E-state index contributed by atoms with van der Waals surface area (Å²) in [5.74, 6) is 0.371. The highest BCUT2D eigenvalue weighted by Gasteiger charge is 2.48. The predicted molar refractivity (Wildman–Crippen MR) is 96.7 cm³/mol. The number of nitriles is 1. The number of rotatable bonds is 4. The zero-order chi connectivity index (χ0) is 18.8. The van der Waals surface area contributed by atoms with Crippen molar-refractivity contribution >= 4 is 11.9 Å². The van der Waals surface area contributed by atoms with Crippen LogP contribution in [0.15, 0.2) is 36.5 Å². The smallest absolute Gasteiger partial charge is 0.223 e. The van der Waals surface area contributed by atoms with E-state index in [4.69, 9.17) is 14.7 Å². The Balaban J connectivity index is 1.48. The number of nitrogens with zero attached hydrogens (tertiary/aromatic N) is 3. The Labute approximate surface area is 156 Å². The second-order valence-electron chi connectivity index (χ2n) is 6.61. The number of hydrogen-bond acceptors (Lipinski definition) is 7. The van der Waals surface area contributed by atoms with Gasteiger partial charge in [-0.05, 0) is 18.2 Å². The molecular formula is C19H19N5O3. The van der Waals surface area contributed by atoms with Gasteiger partial charge >= 0.3 is 0 Å². The number of aromatic nitrogens is 2. The molecule has 0 saturated carbocycles. The van der Waals surface area contributed by atoms with E-state index in [1.54, 1.807) is 24.4 Å². The van der Waals surface area contributed by atoms with Crippen LogP contribution in [-0.2, 0) is 14.3 Å². The fraction of sp³-hybridized carbons (Fsp3) is 0.368. The summed E-state index contributed by atoms with van der Waals surface area (Å²) in [6.07, 6.45) is 1.32. The van der Waals surface area contributed by atoms with Crippen LogP contribution < -0.4 is 10.6 Å². The molecule has 138 valence electrons. The molecule has 1 amide bonds. The maximum Gasteiger partial charge on any atom is 0.223 e. The lowest BCUT2D eigenvalue weighted by molar-refractivity contribution is -0.120. The lowest BCUT2D eigenvalue weighted by Crippen LogP contribution is -2.44. The first-order chi connectivity index (χ1) is 13.1. The van der Waals surface area contributed by atoms with E-state index in [1.165, 1.54) is 6.92 Å². The van der Waals surface area contributed by atoms with Gasteiger partial charge in [0.1, 0.15) is 12.2 Å². The lowest BCUT2D eigenvalue weighted by atomic mass is 10.1. The van der Waals surface area contributed by atoms with Gasteiger partial charge in [0.05, 0.1) is 42.6 Å². The molecule has 2 N–H and O–H groups in total. The van der Waals surface area contributed by atoms with Gasteiger partial charge in [-0.25, -0.2) is 9.97 Å². The number of amides is 1. The number of benzene rings is 1. The van der Waals surface area contributed by atoms with Crippen molar-refractivity contribution in [2.24, 2.45) is 0 Å². The van der Waals surface area contributed by atoms with Crippen LogP contribution in [0.1, 0.15) is 12.5 Å². The molecule has 2 aromatic rings. The van der Waals surface area contributed by atoms with Gasteiger partial charge in [0.15, 0.2) is 0 Å². The molecule has 8 nitrogen and oxygen atoms in total. The maximum atomic E-state index is 11.3. The topological polar surface area (TPSA) is 109 Å². The van der Waals surface area contributed by atoms with Gasteiger partial charge in [0, 0.05) is 18.7 Å². The van der Waals surface area contributed by atoms with Gasteiger partial charge in [-0.1, -0.05) is 12.1 Å². The van der Waals surface area contributed by atoms with E-state index >= 15 is 0 Å². The number of hydrogen-bond donors (Lipinski definition) is 2. The van der Waals surface area contributed by atoms with Crippen molar-refractivity contribution in [2.45, 2.75) is 31.2 Å². The first kappa shape index (κ1) is 17.4. The lowest BCUT2D eigenvalue weighted by Gasteiger charge is -2.18. The van der Waals surface area contributed by atoms with Crippen LogP contribution in [0.2, 0.25) is 0 Å². The Morgan fingerprint density at radius 1 is 1.22 bits per heavy atom. The van der Waals surface area contributed by atoms with Gasteiger partial charge in [-0.15, -0.1) is 0 Å². The quantitative estimate of drug-likeness (QED) is 0.835. The number of fused-ring (bicyclic) bond motifs is 1. The van der Waals surface area contributed by atoms with Crippen LogP contribution in [0.4, 0.5) is 5.95 Å². The van der Waals surface area contributed by atoms with Crippen LogP contribution in [-0.4, -0.2) is 53.4 Å². The molecule has 2 saturated heterocycles. The highest BCUT2D eigenvalue weighted by atomic mass is 16.6. The average Bonchev–Trinajstić information content (AvgIpc) is 3.25. The van der Waals surface area contributed by atoms with Crippen LogP contribution >= 0.6 is 0 Å². The third-order valence-electron chi connectivity index (χ3n) is 4.70. The minimum atomic E-state index is -0.179. The van der Waals surface area contributed by atoms with Crippen molar-refractivity contribution in [3.63, 3.8) is 0 Å². The van der Waals surface area contributed by atoms with Crippen molar-refractivity contribution in [1.82, 2.24) is 15.3 Å².